The van der Waals surface area contributed by atoms with Crippen LogP contribution in [-0.4, -0.2) is 23.8 Å². The van der Waals surface area contributed by atoms with E-state index in [4.69, 9.17) is 4.74 Å². The van der Waals surface area contributed by atoms with Crippen LogP contribution in [0.25, 0.3) is 0 Å². The summed E-state index contributed by atoms with van der Waals surface area (Å²) in [5.74, 6) is -1.52. The van der Waals surface area contributed by atoms with Gasteiger partial charge in [-0.1, -0.05) is 66.7 Å². The number of hydrogen-bond donors (Lipinski definition) is 0. The van der Waals surface area contributed by atoms with Crippen molar-refractivity contribution < 1.29 is 14.3 Å². The third kappa shape index (κ3) is 1.95. The Hall–Kier alpha value is -2.51. The van der Waals surface area contributed by atoms with Crippen LogP contribution in [0.2, 0.25) is 0 Å². The van der Waals surface area contributed by atoms with E-state index in [0.29, 0.717) is 0 Å². The zero-order chi connectivity index (χ0) is 20.7. The van der Waals surface area contributed by atoms with E-state index in [-0.39, 0.29) is 11.8 Å². The number of rotatable bonds is 2. The Balaban J connectivity index is 1.74. The molecule has 3 aliphatic heterocycles. The maximum absolute atomic E-state index is 13.4. The highest BCUT2D eigenvalue weighted by atomic mass is 127. The number of ether oxygens (including phenoxy) is 1. The normalized spacial score (nSPS) is 31.2. The molecular weight excluding hydrogens is 489 g/mol. The minimum atomic E-state index is -0.987. The number of nitrogens with zero attached hydrogens (tertiary/aromatic N) is 1. The van der Waals surface area contributed by atoms with Crippen LogP contribution in [-0.2, 0) is 25.5 Å². The second kappa shape index (κ2) is 6.02. The molecule has 3 heterocycles. The predicted octanol–water partition coefficient (Wildman–Crippen LogP) is 4.05. The summed E-state index contributed by atoms with van der Waals surface area (Å²) < 4.78 is 8.12. The van der Waals surface area contributed by atoms with Gasteiger partial charge in [0, 0.05) is 10.6 Å². The fourth-order valence-corrected chi connectivity index (χ4v) is 6.12. The summed E-state index contributed by atoms with van der Waals surface area (Å²) in [5.41, 5.74) is 1.81. The molecule has 4 atom stereocenters. The summed E-state index contributed by atoms with van der Waals surface area (Å²) in [5, 5.41) is 0. The quantitative estimate of drug-likeness (QED) is 0.389. The first kappa shape index (κ1) is 18.3. The fraction of sp³-hybridized carbons (Fsp3) is 0.200. The third-order valence-electron chi connectivity index (χ3n) is 6.93. The highest BCUT2D eigenvalue weighted by molar-refractivity contribution is 14.1. The SMILES string of the molecule is CN1C(=O)C2C(C1=O)C1(c3ccc(I)cc3)OC2(c2ccccc2)c2ccccc21. The number of fused-ring (bicyclic) bond motifs is 8. The summed E-state index contributed by atoms with van der Waals surface area (Å²) >= 11 is 2.27. The summed E-state index contributed by atoms with van der Waals surface area (Å²) in [6.07, 6.45) is 0. The van der Waals surface area contributed by atoms with Gasteiger partial charge in [-0.15, -0.1) is 0 Å². The van der Waals surface area contributed by atoms with Crippen molar-refractivity contribution >= 4 is 34.4 Å². The van der Waals surface area contributed by atoms with Gasteiger partial charge in [-0.2, -0.15) is 0 Å². The third-order valence-corrected chi connectivity index (χ3v) is 7.65. The van der Waals surface area contributed by atoms with Crippen LogP contribution in [0.15, 0.2) is 78.9 Å². The molecule has 0 spiro atoms. The summed E-state index contributed by atoms with van der Waals surface area (Å²) in [7, 11) is 1.59. The summed E-state index contributed by atoms with van der Waals surface area (Å²) in [4.78, 5) is 28.2. The van der Waals surface area contributed by atoms with Crippen molar-refractivity contribution in [3.63, 3.8) is 0 Å². The Morgan fingerprint density at radius 2 is 1.20 bits per heavy atom. The lowest BCUT2D eigenvalue weighted by atomic mass is 9.61. The van der Waals surface area contributed by atoms with Gasteiger partial charge >= 0.3 is 0 Å². The average Bonchev–Trinajstić information content (AvgIpc) is 3.36. The lowest BCUT2D eigenvalue weighted by molar-refractivity contribution is -0.146. The van der Waals surface area contributed by atoms with Crippen LogP contribution >= 0.6 is 22.6 Å². The molecule has 2 fully saturated rings. The number of carbonyl (C=O) groups excluding carboxylic acids is 2. The number of likely N-dealkylation sites (tertiary alicyclic amines) is 1. The van der Waals surface area contributed by atoms with Crippen molar-refractivity contribution in [2.45, 2.75) is 11.2 Å². The monoisotopic (exact) mass is 507 g/mol. The van der Waals surface area contributed by atoms with Crippen LogP contribution in [0.3, 0.4) is 0 Å². The number of hydrogen-bond acceptors (Lipinski definition) is 3. The minimum absolute atomic E-state index is 0.171. The maximum Gasteiger partial charge on any atom is 0.236 e. The molecule has 4 nitrogen and oxygen atoms in total. The van der Waals surface area contributed by atoms with Gasteiger partial charge in [-0.05, 0) is 57.0 Å². The molecule has 0 N–H and O–H groups in total. The first-order valence-corrected chi connectivity index (χ1v) is 11.0. The molecule has 4 unspecified atom stereocenters. The van der Waals surface area contributed by atoms with E-state index in [9.17, 15) is 9.59 Å². The van der Waals surface area contributed by atoms with E-state index in [1.54, 1.807) is 7.05 Å². The van der Waals surface area contributed by atoms with E-state index in [1.807, 2.05) is 78.9 Å². The van der Waals surface area contributed by atoms with Crippen molar-refractivity contribution in [1.29, 1.82) is 0 Å². The van der Waals surface area contributed by atoms with Gasteiger partial charge in [0.2, 0.25) is 11.8 Å². The number of benzene rings is 3. The molecule has 3 aromatic carbocycles. The smallest absolute Gasteiger partial charge is 0.236 e. The molecule has 5 heteroatoms. The largest absolute Gasteiger partial charge is 0.348 e. The van der Waals surface area contributed by atoms with E-state index in [0.717, 1.165) is 25.8 Å². The lowest BCUT2D eigenvalue weighted by Crippen LogP contribution is -2.42. The number of carbonyl (C=O) groups is 2. The average molecular weight is 507 g/mol. The maximum atomic E-state index is 13.4. The molecule has 148 valence electrons. The van der Waals surface area contributed by atoms with Gasteiger partial charge in [0.25, 0.3) is 0 Å². The topological polar surface area (TPSA) is 46.6 Å². The molecule has 30 heavy (non-hydrogen) atoms. The van der Waals surface area contributed by atoms with Crippen LogP contribution in [0.4, 0.5) is 0 Å². The van der Waals surface area contributed by atoms with Gasteiger partial charge in [0.1, 0.15) is 11.2 Å². The van der Waals surface area contributed by atoms with E-state index >= 15 is 0 Å². The number of amides is 2. The van der Waals surface area contributed by atoms with Crippen molar-refractivity contribution in [2.75, 3.05) is 7.05 Å². The van der Waals surface area contributed by atoms with Crippen molar-refractivity contribution in [3.05, 3.63) is 105 Å². The molecule has 6 rings (SSSR count). The van der Waals surface area contributed by atoms with Crippen LogP contribution in [0.1, 0.15) is 22.3 Å². The molecule has 0 radical (unpaired) electrons. The first-order chi connectivity index (χ1) is 14.5. The van der Waals surface area contributed by atoms with Crippen molar-refractivity contribution in [1.82, 2.24) is 4.90 Å². The van der Waals surface area contributed by atoms with Crippen LogP contribution in [0.5, 0.6) is 0 Å². The van der Waals surface area contributed by atoms with E-state index in [1.165, 1.54) is 4.90 Å². The molecule has 2 amide bonds. The van der Waals surface area contributed by atoms with Crippen molar-refractivity contribution in [2.24, 2.45) is 11.8 Å². The highest BCUT2D eigenvalue weighted by Crippen LogP contribution is 2.70. The summed E-state index contributed by atoms with van der Waals surface area (Å²) in [6, 6.07) is 26.0. The Morgan fingerprint density at radius 3 is 1.73 bits per heavy atom. The fourth-order valence-electron chi connectivity index (χ4n) is 5.76. The van der Waals surface area contributed by atoms with E-state index < -0.39 is 23.0 Å². The Kier molecular flexibility index (Phi) is 3.66. The van der Waals surface area contributed by atoms with Gasteiger partial charge in [-0.3, -0.25) is 14.5 Å². The second-order valence-corrected chi connectivity index (χ2v) is 9.43. The predicted molar refractivity (Wildman–Crippen MR) is 119 cm³/mol. The van der Waals surface area contributed by atoms with Gasteiger partial charge in [0.15, 0.2) is 0 Å². The Morgan fingerprint density at radius 1 is 0.733 bits per heavy atom. The molecular formula is C25H18INO3. The van der Waals surface area contributed by atoms with Gasteiger partial charge in [-0.25, -0.2) is 0 Å². The second-order valence-electron chi connectivity index (χ2n) is 8.18. The standard InChI is InChI=1S/C25H18INO3/c1-27-22(28)20-21(23(27)29)25(16-11-13-17(26)14-12-16)19-10-6-5-9-18(19)24(20,30-25)15-7-3-2-4-8-15/h2-14,20-21H,1H3. The van der Waals surface area contributed by atoms with Gasteiger partial charge < -0.3 is 4.74 Å². The minimum Gasteiger partial charge on any atom is -0.348 e. The molecule has 2 bridgehead atoms. The van der Waals surface area contributed by atoms with Crippen molar-refractivity contribution in [3.8, 4) is 0 Å². The zero-order valence-corrected chi connectivity index (χ0v) is 18.4. The number of imide groups is 1. The van der Waals surface area contributed by atoms with Gasteiger partial charge in [0.05, 0.1) is 11.8 Å². The van der Waals surface area contributed by atoms with E-state index in [2.05, 4.69) is 22.6 Å². The molecule has 0 saturated carbocycles. The Labute approximate surface area is 188 Å². The molecule has 2 saturated heterocycles. The highest BCUT2D eigenvalue weighted by Gasteiger charge is 2.78. The molecule has 3 aromatic rings. The molecule has 0 aromatic heterocycles. The molecule has 3 aliphatic rings. The molecule has 0 aliphatic carbocycles. The first-order valence-electron chi connectivity index (χ1n) is 9.95. The zero-order valence-electron chi connectivity index (χ0n) is 16.2. The van der Waals surface area contributed by atoms with Crippen LogP contribution < -0.4 is 0 Å². The van der Waals surface area contributed by atoms with Crippen LogP contribution in [0, 0.1) is 15.4 Å². The Bertz CT molecular complexity index is 1210. The summed E-state index contributed by atoms with van der Waals surface area (Å²) in [6.45, 7) is 0. The lowest BCUT2D eigenvalue weighted by Gasteiger charge is -2.34. The number of halogens is 1.